The predicted molar refractivity (Wildman–Crippen MR) is 64.5 cm³/mol. The first-order valence-corrected chi connectivity index (χ1v) is 5.06. The van der Waals surface area contributed by atoms with Crippen LogP contribution in [0.2, 0.25) is 0 Å². The first kappa shape index (κ1) is 10.9. The number of urea groups is 1. The van der Waals surface area contributed by atoms with E-state index in [0.717, 1.165) is 0 Å². The van der Waals surface area contributed by atoms with Gasteiger partial charge in [0.25, 0.3) is 0 Å². The van der Waals surface area contributed by atoms with Crippen molar-refractivity contribution in [3.8, 4) is 0 Å². The van der Waals surface area contributed by atoms with Crippen LogP contribution in [0.3, 0.4) is 0 Å². The summed E-state index contributed by atoms with van der Waals surface area (Å²) in [5.41, 5.74) is 1.27. The van der Waals surface area contributed by atoms with Crippen LogP contribution in [0.15, 0.2) is 54.9 Å². The SMILES string of the molecule is O=C(Nc1ccccc1)Nc1cc[n+]([O-])cc1. The Morgan fingerprint density at radius 1 is 0.941 bits per heavy atom. The summed E-state index contributed by atoms with van der Waals surface area (Å²) in [5, 5.41) is 16.1. The van der Waals surface area contributed by atoms with Gasteiger partial charge in [-0.15, -0.1) is 0 Å². The van der Waals surface area contributed by atoms with Gasteiger partial charge >= 0.3 is 6.03 Å². The van der Waals surface area contributed by atoms with Crippen LogP contribution in [0.5, 0.6) is 0 Å². The zero-order valence-electron chi connectivity index (χ0n) is 8.96. The Kier molecular flexibility index (Phi) is 3.20. The summed E-state index contributed by atoms with van der Waals surface area (Å²) in [6, 6.07) is 11.8. The number of hydrogen-bond donors (Lipinski definition) is 2. The summed E-state index contributed by atoms with van der Waals surface area (Å²) >= 11 is 0. The highest BCUT2D eigenvalue weighted by Gasteiger charge is 2.02. The molecule has 2 N–H and O–H groups in total. The van der Waals surface area contributed by atoms with E-state index in [0.29, 0.717) is 16.1 Å². The molecule has 0 saturated heterocycles. The zero-order valence-corrected chi connectivity index (χ0v) is 8.96. The number of aromatic nitrogens is 1. The minimum absolute atomic E-state index is 0.347. The summed E-state index contributed by atoms with van der Waals surface area (Å²) in [6.07, 6.45) is 2.64. The molecule has 86 valence electrons. The molecule has 0 bridgehead atoms. The van der Waals surface area contributed by atoms with E-state index < -0.39 is 0 Å². The van der Waals surface area contributed by atoms with E-state index in [4.69, 9.17) is 0 Å². The Bertz CT molecular complexity index is 497. The molecule has 5 nitrogen and oxygen atoms in total. The van der Waals surface area contributed by atoms with Gasteiger partial charge in [-0.25, -0.2) is 4.79 Å². The van der Waals surface area contributed by atoms with Crippen LogP contribution in [0.4, 0.5) is 16.2 Å². The van der Waals surface area contributed by atoms with Crippen molar-refractivity contribution in [1.29, 1.82) is 0 Å². The Balaban J connectivity index is 1.96. The molecule has 0 unspecified atom stereocenters. The molecule has 0 radical (unpaired) electrons. The Labute approximate surface area is 98.3 Å². The number of carbonyl (C=O) groups is 1. The lowest BCUT2D eigenvalue weighted by molar-refractivity contribution is -0.605. The van der Waals surface area contributed by atoms with E-state index in [1.165, 1.54) is 24.5 Å². The first-order valence-electron chi connectivity index (χ1n) is 5.06. The van der Waals surface area contributed by atoms with Gasteiger partial charge in [-0.05, 0) is 12.1 Å². The predicted octanol–water partition coefficient (Wildman–Crippen LogP) is 1.96. The van der Waals surface area contributed by atoms with Crippen molar-refractivity contribution in [2.75, 3.05) is 10.6 Å². The second kappa shape index (κ2) is 4.98. The molecule has 0 aliphatic rings. The number of para-hydroxylation sites is 1. The summed E-state index contributed by atoms with van der Waals surface area (Å²) in [5.74, 6) is 0. The Morgan fingerprint density at radius 2 is 1.47 bits per heavy atom. The highest BCUT2D eigenvalue weighted by atomic mass is 16.5. The van der Waals surface area contributed by atoms with Crippen LogP contribution < -0.4 is 15.4 Å². The maximum absolute atomic E-state index is 11.6. The van der Waals surface area contributed by atoms with Crippen LogP contribution in [-0.4, -0.2) is 6.03 Å². The molecule has 2 aromatic rings. The van der Waals surface area contributed by atoms with Crippen molar-refractivity contribution in [2.45, 2.75) is 0 Å². The third-order valence-corrected chi connectivity index (χ3v) is 2.09. The molecule has 0 aliphatic carbocycles. The van der Waals surface area contributed by atoms with Gasteiger partial charge in [0.1, 0.15) is 0 Å². The minimum Gasteiger partial charge on any atom is -0.619 e. The van der Waals surface area contributed by atoms with Crippen LogP contribution in [-0.2, 0) is 0 Å². The number of benzene rings is 1. The van der Waals surface area contributed by atoms with Gasteiger partial charge < -0.3 is 15.8 Å². The molecule has 0 saturated carbocycles. The van der Waals surface area contributed by atoms with E-state index >= 15 is 0 Å². The molecule has 1 aromatic carbocycles. The lowest BCUT2D eigenvalue weighted by atomic mass is 10.3. The van der Waals surface area contributed by atoms with Crippen LogP contribution in [0, 0.1) is 5.21 Å². The number of nitrogens with zero attached hydrogens (tertiary/aromatic N) is 1. The molecule has 0 spiro atoms. The summed E-state index contributed by atoms with van der Waals surface area (Å²) < 4.78 is 0.653. The van der Waals surface area contributed by atoms with E-state index in [9.17, 15) is 10.0 Å². The highest BCUT2D eigenvalue weighted by molar-refractivity contribution is 5.99. The number of nitrogens with one attached hydrogen (secondary N) is 2. The summed E-state index contributed by atoms with van der Waals surface area (Å²) in [6.45, 7) is 0. The molecule has 0 atom stereocenters. The number of pyridine rings is 1. The van der Waals surface area contributed by atoms with Gasteiger partial charge in [0, 0.05) is 17.8 Å². The molecule has 2 rings (SSSR count). The van der Waals surface area contributed by atoms with Gasteiger partial charge in [0.2, 0.25) is 0 Å². The number of anilines is 2. The van der Waals surface area contributed by atoms with Crippen molar-refractivity contribution in [2.24, 2.45) is 0 Å². The van der Waals surface area contributed by atoms with Crippen LogP contribution in [0.1, 0.15) is 0 Å². The van der Waals surface area contributed by atoms with Crippen LogP contribution in [0.25, 0.3) is 0 Å². The van der Waals surface area contributed by atoms with Crippen LogP contribution >= 0.6 is 0 Å². The maximum Gasteiger partial charge on any atom is 0.323 e. The molecular formula is C12H11N3O2. The second-order valence-corrected chi connectivity index (χ2v) is 3.39. The second-order valence-electron chi connectivity index (χ2n) is 3.39. The molecule has 2 amide bonds. The number of carbonyl (C=O) groups excluding carboxylic acids is 1. The largest absolute Gasteiger partial charge is 0.619 e. The smallest absolute Gasteiger partial charge is 0.323 e. The average Bonchev–Trinajstić information content (AvgIpc) is 2.33. The topological polar surface area (TPSA) is 68.1 Å². The highest BCUT2D eigenvalue weighted by Crippen LogP contribution is 2.07. The number of amides is 2. The summed E-state index contributed by atoms with van der Waals surface area (Å²) in [4.78, 5) is 11.6. The molecule has 0 aliphatic heterocycles. The van der Waals surface area contributed by atoms with E-state index in [1.807, 2.05) is 18.2 Å². The molecule has 5 heteroatoms. The van der Waals surface area contributed by atoms with E-state index in [1.54, 1.807) is 12.1 Å². The third kappa shape index (κ3) is 3.20. The fraction of sp³-hybridized carbons (Fsp3) is 0. The van der Waals surface area contributed by atoms with Crippen molar-refractivity contribution in [3.05, 3.63) is 60.1 Å². The fourth-order valence-corrected chi connectivity index (χ4v) is 1.31. The van der Waals surface area contributed by atoms with E-state index in [-0.39, 0.29) is 6.03 Å². The minimum atomic E-state index is -0.347. The lowest BCUT2D eigenvalue weighted by Crippen LogP contribution is -2.25. The van der Waals surface area contributed by atoms with Gasteiger partial charge in [-0.2, -0.15) is 4.73 Å². The van der Waals surface area contributed by atoms with Gasteiger partial charge in [-0.1, -0.05) is 18.2 Å². The molecular weight excluding hydrogens is 218 g/mol. The number of hydrogen-bond acceptors (Lipinski definition) is 2. The first-order chi connectivity index (χ1) is 8.24. The van der Waals surface area contributed by atoms with Crippen molar-refractivity contribution >= 4 is 17.4 Å². The van der Waals surface area contributed by atoms with Crippen molar-refractivity contribution in [3.63, 3.8) is 0 Å². The molecule has 17 heavy (non-hydrogen) atoms. The van der Waals surface area contributed by atoms with E-state index in [2.05, 4.69) is 10.6 Å². The van der Waals surface area contributed by atoms with Gasteiger partial charge in [0.15, 0.2) is 12.4 Å². The zero-order chi connectivity index (χ0) is 12.1. The number of rotatable bonds is 2. The monoisotopic (exact) mass is 229 g/mol. The molecule has 1 heterocycles. The molecule has 0 fully saturated rings. The molecule has 1 aromatic heterocycles. The maximum atomic E-state index is 11.6. The van der Waals surface area contributed by atoms with Gasteiger partial charge in [0.05, 0.1) is 5.69 Å². The lowest BCUT2D eigenvalue weighted by Gasteiger charge is -2.06. The summed E-state index contributed by atoms with van der Waals surface area (Å²) in [7, 11) is 0. The van der Waals surface area contributed by atoms with Crippen molar-refractivity contribution < 1.29 is 9.52 Å². The quantitative estimate of drug-likeness (QED) is 0.610. The van der Waals surface area contributed by atoms with Gasteiger partial charge in [-0.3, -0.25) is 0 Å². The third-order valence-electron chi connectivity index (χ3n) is 2.09. The Morgan fingerprint density at radius 3 is 2.06 bits per heavy atom. The Hall–Kier alpha value is -2.56. The average molecular weight is 229 g/mol. The van der Waals surface area contributed by atoms with Crippen molar-refractivity contribution in [1.82, 2.24) is 0 Å². The normalized spacial score (nSPS) is 9.65. The standard InChI is InChI=1S/C12H11N3O2/c16-12(13-10-4-2-1-3-5-10)14-11-6-8-15(17)9-7-11/h1-9H,(H2,13,14,16). The fourth-order valence-electron chi connectivity index (χ4n) is 1.31.